The summed E-state index contributed by atoms with van der Waals surface area (Å²) in [4.78, 5) is 37.8. The van der Waals surface area contributed by atoms with Gasteiger partial charge < -0.3 is 14.4 Å². The Balaban J connectivity index is 1.50. The number of nitrogens with zero attached hydrogens (tertiary/aromatic N) is 3. The van der Waals surface area contributed by atoms with Crippen LogP contribution in [0.25, 0.3) is 10.9 Å². The Morgan fingerprint density at radius 3 is 2.73 bits per heavy atom. The van der Waals surface area contributed by atoms with E-state index in [1.807, 2.05) is 20.8 Å². The number of benzene rings is 1. The largest absolute Gasteiger partial charge is 0.488 e. The second-order valence-electron chi connectivity index (χ2n) is 9.68. The van der Waals surface area contributed by atoms with Gasteiger partial charge in [-0.05, 0) is 45.7 Å². The number of imide groups is 1. The highest BCUT2D eigenvalue weighted by Crippen LogP contribution is 2.36. The van der Waals surface area contributed by atoms with Crippen LogP contribution in [0.3, 0.4) is 0 Å². The molecule has 2 aliphatic heterocycles. The van der Waals surface area contributed by atoms with Crippen molar-refractivity contribution in [1.29, 1.82) is 0 Å². The van der Waals surface area contributed by atoms with Crippen molar-refractivity contribution in [3.05, 3.63) is 23.6 Å². The quantitative estimate of drug-likeness (QED) is 0.704. The average molecular weight is 461 g/mol. The zero-order valence-corrected chi connectivity index (χ0v) is 19.3. The maximum atomic E-state index is 14.8. The molecule has 1 aromatic heterocycles. The lowest BCUT2D eigenvalue weighted by Gasteiger charge is -2.24. The lowest BCUT2D eigenvalue weighted by Crippen LogP contribution is -2.39. The molecule has 2 saturated heterocycles. The number of rotatable bonds is 4. The van der Waals surface area contributed by atoms with Gasteiger partial charge in [-0.15, -0.1) is 0 Å². The molecule has 0 aliphatic carbocycles. The molecule has 2 fully saturated rings. The number of ether oxygens (including phenoxy) is 2. The van der Waals surface area contributed by atoms with Crippen LogP contribution in [0.15, 0.2) is 12.1 Å². The van der Waals surface area contributed by atoms with Gasteiger partial charge in [0.25, 0.3) is 0 Å². The average Bonchev–Trinajstić information content (AvgIpc) is 3.31. The summed E-state index contributed by atoms with van der Waals surface area (Å²) in [6, 6.07) is 2.89. The molecule has 0 spiro atoms. The van der Waals surface area contributed by atoms with Crippen molar-refractivity contribution in [2.45, 2.75) is 51.6 Å². The molecule has 2 aromatic rings. The van der Waals surface area contributed by atoms with E-state index in [9.17, 15) is 18.8 Å². The number of halogens is 1. The van der Waals surface area contributed by atoms with Crippen molar-refractivity contribution in [2.24, 2.45) is 13.0 Å². The minimum absolute atomic E-state index is 0.0370. The molecular formula is C23H29FN4O5. The SMILES string of the molecule is Cn1nc(C2CCC(=O)NC2=O)c2ccc(F)c(OC[C@@H]3CCN(C(=O)OC(C)(C)C)C3)c21. The fourth-order valence-electron chi connectivity index (χ4n) is 4.35. The van der Waals surface area contributed by atoms with E-state index in [4.69, 9.17) is 9.47 Å². The lowest BCUT2D eigenvalue weighted by molar-refractivity contribution is -0.134. The highest BCUT2D eigenvalue weighted by molar-refractivity contribution is 6.03. The number of hydrogen-bond donors (Lipinski definition) is 1. The molecule has 2 atom stereocenters. The first kappa shape index (κ1) is 23.0. The van der Waals surface area contributed by atoms with Gasteiger partial charge in [0.15, 0.2) is 11.6 Å². The maximum absolute atomic E-state index is 14.8. The fraction of sp³-hybridized carbons (Fsp3) is 0.565. The molecule has 1 aromatic carbocycles. The van der Waals surface area contributed by atoms with Crippen LogP contribution in [-0.2, 0) is 21.4 Å². The third kappa shape index (κ3) is 4.79. The first-order chi connectivity index (χ1) is 15.5. The molecule has 9 nitrogen and oxygen atoms in total. The highest BCUT2D eigenvalue weighted by Gasteiger charge is 2.33. The van der Waals surface area contributed by atoms with Gasteiger partial charge in [0.2, 0.25) is 11.8 Å². The summed E-state index contributed by atoms with van der Waals surface area (Å²) in [6.45, 7) is 6.72. The summed E-state index contributed by atoms with van der Waals surface area (Å²) in [6.07, 6.45) is 0.949. The summed E-state index contributed by atoms with van der Waals surface area (Å²) < 4.78 is 27.6. The number of fused-ring (bicyclic) bond motifs is 1. The van der Waals surface area contributed by atoms with Crippen LogP contribution in [0.1, 0.15) is 51.6 Å². The monoisotopic (exact) mass is 460 g/mol. The third-order valence-corrected chi connectivity index (χ3v) is 5.91. The number of hydrogen-bond acceptors (Lipinski definition) is 6. The molecule has 4 rings (SSSR count). The zero-order chi connectivity index (χ0) is 23.9. The molecule has 2 aliphatic rings. The van der Waals surface area contributed by atoms with Gasteiger partial charge in [-0.3, -0.25) is 19.6 Å². The Morgan fingerprint density at radius 2 is 2.03 bits per heavy atom. The fourth-order valence-corrected chi connectivity index (χ4v) is 4.35. The molecule has 178 valence electrons. The number of aryl methyl sites for hydroxylation is 1. The Morgan fingerprint density at radius 1 is 1.27 bits per heavy atom. The van der Waals surface area contributed by atoms with Gasteiger partial charge >= 0.3 is 6.09 Å². The Kier molecular flexibility index (Phi) is 6.02. The summed E-state index contributed by atoms with van der Waals surface area (Å²) in [5, 5.41) is 7.43. The number of aromatic nitrogens is 2. The molecule has 3 heterocycles. The predicted molar refractivity (Wildman–Crippen MR) is 117 cm³/mol. The maximum Gasteiger partial charge on any atom is 0.410 e. The number of piperidine rings is 1. The van der Waals surface area contributed by atoms with Crippen LogP contribution in [-0.4, -0.2) is 57.9 Å². The molecular weight excluding hydrogens is 431 g/mol. The number of nitrogens with one attached hydrogen (secondary N) is 1. The topological polar surface area (TPSA) is 103 Å². The van der Waals surface area contributed by atoms with Gasteiger partial charge in [-0.25, -0.2) is 9.18 Å². The summed E-state index contributed by atoms with van der Waals surface area (Å²) in [7, 11) is 1.67. The van der Waals surface area contributed by atoms with Crippen molar-refractivity contribution in [2.75, 3.05) is 19.7 Å². The summed E-state index contributed by atoms with van der Waals surface area (Å²) in [5.41, 5.74) is 0.389. The van der Waals surface area contributed by atoms with E-state index in [0.29, 0.717) is 36.1 Å². The van der Waals surface area contributed by atoms with Crippen molar-refractivity contribution in [1.82, 2.24) is 20.0 Å². The minimum Gasteiger partial charge on any atom is -0.488 e. The van der Waals surface area contributed by atoms with E-state index in [0.717, 1.165) is 6.42 Å². The minimum atomic E-state index is -0.582. The molecule has 0 radical (unpaired) electrons. The number of likely N-dealkylation sites (tertiary alicyclic amines) is 1. The van der Waals surface area contributed by atoms with Gasteiger partial charge in [-0.2, -0.15) is 5.10 Å². The van der Waals surface area contributed by atoms with Crippen LogP contribution < -0.4 is 10.1 Å². The predicted octanol–water partition coefficient (Wildman–Crippen LogP) is 2.87. The Hall–Kier alpha value is -3.17. The Bertz CT molecular complexity index is 1110. The molecule has 0 bridgehead atoms. The second-order valence-corrected chi connectivity index (χ2v) is 9.68. The Labute approximate surface area is 191 Å². The van der Waals surface area contributed by atoms with E-state index >= 15 is 0 Å². The zero-order valence-electron chi connectivity index (χ0n) is 19.3. The third-order valence-electron chi connectivity index (χ3n) is 5.91. The van der Waals surface area contributed by atoms with Gasteiger partial charge in [0, 0.05) is 37.9 Å². The normalized spacial score (nSPS) is 21.4. The van der Waals surface area contributed by atoms with Crippen molar-refractivity contribution in [3.8, 4) is 5.75 Å². The smallest absolute Gasteiger partial charge is 0.410 e. The van der Waals surface area contributed by atoms with Crippen LogP contribution in [0.4, 0.5) is 9.18 Å². The number of carbonyl (C=O) groups excluding carboxylic acids is 3. The van der Waals surface area contributed by atoms with Gasteiger partial charge in [0.05, 0.1) is 18.2 Å². The van der Waals surface area contributed by atoms with Crippen LogP contribution in [0, 0.1) is 11.7 Å². The van der Waals surface area contributed by atoms with Crippen molar-refractivity contribution in [3.63, 3.8) is 0 Å². The standard InChI is InChI=1S/C23H29FN4O5/c1-23(2,3)33-22(31)28-10-9-13(11-28)12-32-20-16(24)7-5-14-18(26-27(4)19(14)20)15-6-8-17(29)25-21(15)30/h5,7,13,15H,6,8-12H2,1-4H3,(H,25,29,30)/t13-,15?/m1/s1. The van der Waals surface area contributed by atoms with Crippen molar-refractivity contribution >= 4 is 28.8 Å². The number of amides is 3. The van der Waals surface area contributed by atoms with E-state index in [1.165, 1.54) is 10.7 Å². The first-order valence-corrected chi connectivity index (χ1v) is 11.1. The molecule has 33 heavy (non-hydrogen) atoms. The van der Waals surface area contributed by atoms with E-state index < -0.39 is 23.2 Å². The van der Waals surface area contributed by atoms with E-state index in [2.05, 4.69) is 10.4 Å². The lowest BCUT2D eigenvalue weighted by atomic mass is 9.93. The molecule has 10 heteroatoms. The summed E-state index contributed by atoms with van der Waals surface area (Å²) >= 11 is 0. The van der Waals surface area contributed by atoms with Crippen LogP contribution in [0.2, 0.25) is 0 Å². The molecule has 3 amide bonds. The van der Waals surface area contributed by atoms with Crippen molar-refractivity contribution < 1.29 is 28.2 Å². The van der Waals surface area contributed by atoms with E-state index in [-0.39, 0.29) is 36.7 Å². The second kappa shape index (κ2) is 8.64. The highest BCUT2D eigenvalue weighted by atomic mass is 19.1. The molecule has 0 saturated carbocycles. The van der Waals surface area contributed by atoms with Gasteiger partial charge in [0.1, 0.15) is 11.1 Å². The molecule has 1 N–H and O–H groups in total. The van der Waals surface area contributed by atoms with Crippen LogP contribution in [0.5, 0.6) is 5.75 Å². The number of carbonyl (C=O) groups is 3. The molecule has 1 unspecified atom stereocenters. The summed E-state index contributed by atoms with van der Waals surface area (Å²) in [5.74, 6) is -1.70. The van der Waals surface area contributed by atoms with Gasteiger partial charge in [-0.1, -0.05) is 0 Å². The van der Waals surface area contributed by atoms with E-state index in [1.54, 1.807) is 18.0 Å². The van der Waals surface area contributed by atoms with Crippen LogP contribution >= 0.6 is 0 Å². The first-order valence-electron chi connectivity index (χ1n) is 11.1.